The molecule has 1 heterocycles. The number of Topliss-reactive ketones (excluding diaryl/α,β-unsaturated/α-hetero) is 1. The van der Waals surface area contributed by atoms with Crippen LogP contribution in [0.15, 0.2) is 22.8 Å². The third-order valence-corrected chi connectivity index (χ3v) is 2.55. The average Bonchev–Trinajstić information content (AvgIpc) is 2.65. The van der Waals surface area contributed by atoms with Crippen LogP contribution in [0.3, 0.4) is 0 Å². The van der Waals surface area contributed by atoms with E-state index >= 15 is 0 Å². The molecule has 0 aromatic carbocycles. The number of rotatable bonds is 6. The normalized spacial score (nSPS) is 13.1. The molecular weight excluding hydrogens is 190 g/mol. The van der Waals surface area contributed by atoms with Crippen LogP contribution in [0.5, 0.6) is 0 Å². The number of furan rings is 1. The summed E-state index contributed by atoms with van der Waals surface area (Å²) in [5.74, 6) is 1.19. The highest BCUT2D eigenvalue weighted by atomic mass is 16.3. The van der Waals surface area contributed by atoms with Crippen LogP contribution in [0.2, 0.25) is 0 Å². The molecule has 1 unspecified atom stereocenters. The summed E-state index contributed by atoms with van der Waals surface area (Å²) in [6.07, 6.45) is 2.29. The Kier molecular flexibility index (Phi) is 4.56. The van der Waals surface area contributed by atoms with E-state index in [1.54, 1.807) is 13.2 Å². The van der Waals surface area contributed by atoms with Gasteiger partial charge >= 0.3 is 0 Å². The number of carbonyl (C=O) groups excluding carboxylic acids is 1. The van der Waals surface area contributed by atoms with Crippen molar-refractivity contribution in [2.75, 3.05) is 6.54 Å². The first-order valence-electron chi connectivity index (χ1n) is 5.39. The minimum Gasteiger partial charge on any atom is -0.468 e. The molecule has 0 aliphatic heterocycles. The Balaban J connectivity index is 2.51. The van der Waals surface area contributed by atoms with Gasteiger partial charge in [0, 0.05) is 12.5 Å². The predicted octanol–water partition coefficient (Wildman–Crippen LogP) is 2.47. The Hall–Kier alpha value is -1.09. The maximum absolute atomic E-state index is 11.0. The van der Waals surface area contributed by atoms with Crippen molar-refractivity contribution in [3.8, 4) is 0 Å². The number of hydrogen-bond donors (Lipinski definition) is 0. The summed E-state index contributed by atoms with van der Waals surface area (Å²) >= 11 is 0. The second kappa shape index (κ2) is 5.71. The van der Waals surface area contributed by atoms with Crippen molar-refractivity contribution in [2.24, 2.45) is 0 Å². The molecule has 0 bridgehead atoms. The van der Waals surface area contributed by atoms with Crippen LogP contribution < -0.4 is 0 Å². The quantitative estimate of drug-likeness (QED) is 0.721. The fourth-order valence-corrected chi connectivity index (χ4v) is 1.73. The topological polar surface area (TPSA) is 33.5 Å². The molecule has 0 spiro atoms. The second-order valence-electron chi connectivity index (χ2n) is 3.90. The molecule has 1 atom stereocenters. The Bertz CT molecular complexity index is 293. The summed E-state index contributed by atoms with van der Waals surface area (Å²) in [6.45, 7) is 7.51. The Morgan fingerprint density at radius 3 is 2.80 bits per heavy atom. The van der Waals surface area contributed by atoms with Gasteiger partial charge in [-0.05, 0) is 32.5 Å². The zero-order valence-electron chi connectivity index (χ0n) is 9.69. The van der Waals surface area contributed by atoms with Crippen molar-refractivity contribution in [3.05, 3.63) is 24.2 Å². The molecule has 0 aliphatic rings. The van der Waals surface area contributed by atoms with Gasteiger partial charge in [-0.2, -0.15) is 0 Å². The molecule has 1 rings (SSSR count). The molecule has 3 nitrogen and oxygen atoms in total. The molecule has 15 heavy (non-hydrogen) atoms. The predicted molar refractivity (Wildman–Crippen MR) is 59.6 cm³/mol. The first-order valence-corrected chi connectivity index (χ1v) is 5.39. The van der Waals surface area contributed by atoms with Gasteiger partial charge in [0.15, 0.2) is 0 Å². The van der Waals surface area contributed by atoms with E-state index in [0.717, 1.165) is 18.8 Å². The summed E-state index contributed by atoms with van der Waals surface area (Å²) in [5.41, 5.74) is 0. The lowest BCUT2D eigenvalue weighted by Gasteiger charge is -2.25. The van der Waals surface area contributed by atoms with Crippen LogP contribution in [0.1, 0.15) is 33.0 Å². The van der Waals surface area contributed by atoms with Gasteiger partial charge in [0.1, 0.15) is 11.5 Å². The molecule has 0 N–H and O–H groups in total. The van der Waals surface area contributed by atoms with Gasteiger partial charge in [-0.1, -0.05) is 6.92 Å². The average molecular weight is 209 g/mol. The highest BCUT2D eigenvalue weighted by molar-refractivity contribution is 5.76. The van der Waals surface area contributed by atoms with Crippen LogP contribution in [0.4, 0.5) is 0 Å². The summed E-state index contributed by atoms with van der Waals surface area (Å²) in [7, 11) is 0. The molecule has 1 aromatic rings. The van der Waals surface area contributed by atoms with Crippen molar-refractivity contribution in [1.29, 1.82) is 0 Å². The summed E-state index contributed by atoms with van der Waals surface area (Å²) in [6, 6.07) is 4.12. The molecule has 0 aliphatic carbocycles. The van der Waals surface area contributed by atoms with E-state index in [1.165, 1.54) is 0 Å². The van der Waals surface area contributed by atoms with E-state index in [2.05, 4.69) is 18.7 Å². The molecular formula is C12H19NO2. The van der Waals surface area contributed by atoms with Gasteiger partial charge in [0.25, 0.3) is 0 Å². The number of ketones is 1. The van der Waals surface area contributed by atoms with Crippen LogP contribution in [-0.4, -0.2) is 23.3 Å². The van der Waals surface area contributed by atoms with Gasteiger partial charge in [0.05, 0.1) is 12.8 Å². The van der Waals surface area contributed by atoms with Crippen LogP contribution in [-0.2, 0) is 11.3 Å². The minimum absolute atomic E-state index is 0.236. The maximum atomic E-state index is 11.0. The smallest absolute Gasteiger partial charge is 0.131 e. The second-order valence-corrected chi connectivity index (χ2v) is 3.90. The maximum Gasteiger partial charge on any atom is 0.131 e. The van der Waals surface area contributed by atoms with E-state index in [-0.39, 0.29) is 11.8 Å². The van der Waals surface area contributed by atoms with Crippen molar-refractivity contribution in [3.63, 3.8) is 0 Å². The third kappa shape index (κ3) is 3.88. The number of nitrogens with zero attached hydrogens (tertiary/aromatic N) is 1. The SMILES string of the molecule is CCN(Cc1ccco1)C(C)CC(C)=O. The molecule has 1 aromatic heterocycles. The zero-order valence-corrected chi connectivity index (χ0v) is 9.69. The lowest BCUT2D eigenvalue weighted by molar-refractivity contribution is -0.118. The standard InChI is InChI=1S/C12H19NO2/c1-4-13(10(2)8-11(3)14)9-12-6-5-7-15-12/h5-7,10H,4,8-9H2,1-3H3. The van der Waals surface area contributed by atoms with Gasteiger partial charge in [-0.3, -0.25) is 9.69 Å². The lowest BCUT2D eigenvalue weighted by atomic mass is 10.1. The molecule has 84 valence electrons. The van der Waals surface area contributed by atoms with Crippen molar-refractivity contribution >= 4 is 5.78 Å². The molecule has 0 saturated carbocycles. The first kappa shape index (κ1) is 12.0. The monoisotopic (exact) mass is 209 g/mol. The van der Waals surface area contributed by atoms with E-state index < -0.39 is 0 Å². The van der Waals surface area contributed by atoms with Gasteiger partial charge in [0.2, 0.25) is 0 Å². The van der Waals surface area contributed by atoms with Crippen molar-refractivity contribution < 1.29 is 9.21 Å². The van der Waals surface area contributed by atoms with E-state index in [4.69, 9.17) is 4.42 Å². The fraction of sp³-hybridized carbons (Fsp3) is 0.583. The van der Waals surface area contributed by atoms with Crippen LogP contribution in [0.25, 0.3) is 0 Å². The van der Waals surface area contributed by atoms with Crippen LogP contribution in [0, 0.1) is 0 Å². The minimum atomic E-state index is 0.236. The van der Waals surface area contributed by atoms with Gasteiger partial charge in [-0.15, -0.1) is 0 Å². The van der Waals surface area contributed by atoms with Gasteiger partial charge in [-0.25, -0.2) is 0 Å². The largest absolute Gasteiger partial charge is 0.468 e. The van der Waals surface area contributed by atoms with E-state index in [0.29, 0.717) is 6.42 Å². The molecule has 3 heteroatoms. The Labute approximate surface area is 91.1 Å². The lowest BCUT2D eigenvalue weighted by Crippen LogP contribution is -2.33. The molecule has 0 saturated heterocycles. The Morgan fingerprint density at radius 1 is 1.60 bits per heavy atom. The number of carbonyl (C=O) groups is 1. The summed E-state index contributed by atoms with van der Waals surface area (Å²) in [4.78, 5) is 13.3. The summed E-state index contributed by atoms with van der Waals surface area (Å²) in [5, 5.41) is 0. The highest BCUT2D eigenvalue weighted by Gasteiger charge is 2.14. The highest BCUT2D eigenvalue weighted by Crippen LogP contribution is 2.11. The Morgan fingerprint density at radius 2 is 2.33 bits per heavy atom. The van der Waals surface area contributed by atoms with Crippen LogP contribution >= 0.6 is 0 Å². The fourth-order valence-electron chi connectivity index (χ4n) is 1.73. The summed E-state index contributed by atoms with van der Waals surface area (Å²) < 4.78 is 5.29. The van der Waals surface area contributed by atoms with Crippen molar-refractivity contribution in [2.45, 2.75) is 39.8 Å². The number of hydrogen-bond acceptors (Lipinski definition) is 3. The zero-order chi connectivity index (χ0) is 11.3. The third-order valence-electron chi connectivity index (χ3n) is 2.55. The van der Waals surface area contributed by atoms with E-state index in [9.17, 15) is 4.79 Å². The van der Waals surface area contributed by atoms with E-state index in [1.807, 2.05) is 12.1 Å². The van der Waals surface area contributed by atoms with Gasteiger partial charge < -0.3 is 4.42 Å². The molecule has 0 fully saturated rings. The molecule has 0 amide bonds. The first-order chi connectivity index (χ1) is 7.13. The molecule has 0 radical (unpaired) electrons. The van der Waals surface area contributed by atoms with Crippen molar-refractivity contribution in [1.82, 2.24) is 4.90 Å².